The molecule has 52 heavy (non-hydrogen) atoms. The number of fused-ring (bicyclic) bond motifs is 9. The van der Waals surface area contributed by atoms with Crippen LogP contribution in [-0.2, 0) is 26.3 Å². The predicted octanol–water partition coefficient (Wildman–Crippen LogP) is 9.08. The van der Waals surface area contributed by atoms with Gasteiger partial charge in [-0.2, -0.15) is 0 Å². The van der Waals surface area contributed by atoms with Gasteiger partial charge in [0.2, 0.25) is 0 Å². The highest BCUT2D eigenvalue weighted by Crippen LogP contribution is 2.44. The Kier molecular flexibility index (Phi) is 7.16. The summed E-state index contributed by atoms with van der Waals surface area (Å²) in [5.74, 6) is 1.93. The molecule has 4 heterocycles. The first-order valence-electron chi connectivity index (χ1n) is 17.1. The lowest BCUT2D eigenvalue weighted by molar-refractivity contribution is 0.301. The SMILES string of the molecule is c1ccc(Cn2cc(COc3ccc4ccc5oc6oc7ccc8ccc(OCc9cn(Cc%10ccccc%10)nn9)cc8c7c6c5c4c3)nn2)cc1. The Bertz CT molecular complexity index is 2680. The number of hydrogen-bond donors (Lipinski definition) is 0. The van der Waals surface area contributed by atoms with Crippen LogP contribution in [0.1, 0.15) is 22.5 Å². The van der Waals surface area contributed by atoms with E-state index in [9.17, 15) is 0 Å². The van der Waals surface area contributed by atoms with Crippen molar-refractivity contribution in [3.8, 4) is 11.5 Å². The maximum absolute atomic E-state index is 6.32. The Morgan fingerprint density at radius 2 is 0.962 bits per heavy atom. The topological polar surface area (TPSA) is 106 Å². The molecule has 10 aromatic rings. The summed E-state index contributed by atoms with van der Waals surface area (Å²) < 4.78 is 28.8. The lowest BCUT2D eigenvalue weighted by atomic mass is 10.00. The normalized spacial score (nSPS) is 11.8. The lowest BCUT2D eigenvalue weighted by Gasteiger charge is -2.08. The highest BCUT2D eigenvalue weighted by atomic mass is 16.5. The summed E-state index contributed by atoms with van der Waals surface area (Å²) in [5.41, 5.74) is 5.31. The molecule has 252 valence electrons. The fourth-order valence-electron chi connectivity index (χ4n) is 6.89. The van der Waals surface area contributed by atoms with Gasteiger partial charge in [0.25, 0.3) is 5.78 Å². The number of furan rings is 2. The van der Waals surface area contributed by atoms with Gasteiger partial charge in [0, 0.05) is 10.8 Å². The molecule has 0 aliphatic carbocycles. The molecule has 0 unspecified atom stereocenters. The monoisotopic (exact) mass is 682 g/mol. The highest BCUT2D eigenvalue weighted by Gasteiger charge is 2.20. The number of ether oxygens (including phenoxy) is 2. The fourth-order valence-corrected chi connectivity index (χ4v) is 6.89. The van der Waals surface area contributed by atoms with E-state index in [2.05, 4.69) is 81.3 Å². The van der Waals surface area contributed by atoms with Crippen LogP contribution in [-0.4, -0.2) is 30.0 Å². The quantitative estimate of drug-likeness (QED) is 0.141. The first kappa shape index (κ1) is 29.9. The van der Waals surface area contributed by atoms with Crippen molar-refractivity contribution in [2.24, 2.45) is 0 Å². The molecule has 0 fully saturated rings. The van der Waals surface area contributed by atoms with Crippen LogP contribution in [0, 0.1) is 0 Å². The van der Waals surface area contributed by atoms with Crippen molar-refractivity contribution in [1.29, 1.82) is 0 Å². The van der Waals surface area contributed by atoms with Crippen LogP contribution in [0.3, 0.4) is 0 Å². The summed E-state index contributed by atoms with van der Waals surface area (Å²) in [6.45, 7) is 1.89. The predicted molar refractivity (Wildman–Crippen MR) is 198 cm³/mol. The number of rotatable bonds is 10. The van der Waals surface area contributed by atoms with E-state index in [4.69, 9.17) is 18.3 Å². The Hall–Kier alpha value is -6.94. The van der Waals surface area contributed by atoms with Crippen LogP contribution < -0.4 is 9.47 Å². The molecule has 0 aliphatic heterocycles. The maximum atomic E-state index is 6.32. The number of nitrogens with zero attached hydrogens (tertiary/aromatic N) is 6. The second-order valence-electron chi connectivity index (χ2n) is 12.9. The summed E-state index contributed by atoms with van der Waals surface area (Å²) in [7, 11) is 0. The minimum absolute atomic E-state index is 0.294. The Labute approximate surface area is 296 Å². The van der Waals surface area contributed by atoms with Gasteiger partial charge in [0.15, 0.2) is 0 Å². The molecule has 0 N–H and O–H groups in total. The molecular weight excluding hydrogens is 652 g/mol. The van der Waals surface area contributed by atoms with Gasteiger partial charge in [0.1, 0.15) is 47.3 Å². The van der Waals surface area contributed by atoms with Crippen molar-refractivity contribution in [2.45, 2.75) is 26.3 Å². The summed E-state index contributed by atoms with van der Waals surface area (Å²) in [6.07, 6.45) is 3.84. The summed E-state index contributed by atoms with van der Waals surface area (Å²) >= 11 is 0. The van der Waals surface area contributed by atoms with Crippen LogP contribution in [0.25, 0.3) is 54.6 Å². The number of aromatic nitrogens is 6. The molecule has 10 nitrogen and oxygen atoms in total. The van der Waals surface area contributed by atoms with Gasteiger partial charge in [-0.3, -0.25) is 0 Å². The van der Waals surface area contributed by atoms with Crippen LogP contribution in [0.5, 0.6) is 11.5 Å². The third-order valence-electron chi connectivity index (χ3n) is 9.34. The first-order chi connectivity index (χ1) is 25.7. The van der Waals surface area contributed by atoms with E-state index in [1.807, 2.05) is 82.4 Å². The van der Waals surface area contributed by atoms with Crippen LogP contribution >= 0.6 is 0 Å². The van der Waals surface area contributed by atoms with Crippen LogP contribution in [0.2, 0.25) is 0 Å². The largest absolute Gasteiger partial charge is 0.487 e. The second-order valence-corrected chi connectivity index (χ2v) is 12.9. The average Bonchev–Trinajstić information content (AvgIpc) is 3.98. The first-order valence-corrected chi connectivity index (χ1v) is 17.1. The second kappa shape index (κ2) is 12.4. The van der Waals surface area contributed by atoms with E-state index in [1.54, 1.807) is 0 Å². The molecule has 10 rings (SSSR count). The maximum Gasteiger partial charge on any atom is 0.299 e. The molecule has 0 atom stereocenters. The smallest absolute Gasteiger partial charge is 0.299 e. The van der Waals surface area contributed by atoms with Gasteiger partial charge in [-0.05, 0) is 69.1 Å². The molecule has 0 radical (unpaired) electrons. The highest BCUT2D eigenvalue weighted by molar-refractivity contribution is 6.30. The molecule has 4 aromatic heterocycles. The Morgan fingerprint density at radius 1 is 0.500 bits per heavy atom. The zero-order valence-electron chi connectivity index (χ0n) is 27.8. The lowest BCUT2D eigenvalue weighted by Crippen LogP contribution is -2.00. The van der Waals surface area contributed by atoms with E-state index in [0.717, 1.165) is 82.9 Å². The van der Waals surface area contributed by atoms with Crippen molar-refractivity contribution in [1.82, 2.24) is 30.0 Å². The molecule has 0 saturated heterocycles. The molecule has 0 aliphatic rings. The van der Waals surface area contributed by atoms with Gasteiger partial charge in [-0.25, -0.2) is 9.36 Å². The van der Waals surface area contributed by atoms with E-state index in [0.29, 0.717) is 32.1 Å². The Balaban J connectivity index is 0.961. The molecular formula is C42H30N6O4. The van der Waals surface area contributed by atoms with Gasteiger partial charge in [-0.15, -0.1) is 10.2 Å². The van der Waals surface area contributed by atoms with E-state index in [1.165, 1.54) is 0 Å². The van der Waals surface area contributed by atoms with Crippen molar-refractivity contribution < 1.29 is 18.3 Å². The molecule has 6 aromatic carbocycles. The average molecular weight is 683 g/mol. The minimum atomic E-state index is 0.294. The molecule has 0 bridgehead atoms. The third kappa shape index (κ3) is 5.56. The van der Waals surface area contributed by atoms with E-state index < -0.39 is 0 Å². The van der Waals surface area contributed by atoms with Crippen molar-refractivity contribution in [3.05, 3.63) is 156 Å². The fraction of sp³-hybridized carbons (Fsp3) is 0.0952. The van der Waals surface area contributed by atoms with E-state index in [-0.39, 0.29) is 0 Å². The molecule has 10 heteroatoms. The Morgan fingerprint density at radius 3 is 1.44 bits per heavy atom. The third-order valence-corrected chi connectivity index (χ3v) is 9.34. The van der Waals surface area contributed by atoms with Crippen molar-refractivity contribution in [2.75, 3.05) is 0 Å². The van der Waals surface area contributed by atoms with Crippen LogP contribution in [0.4, 0.5) is 0 Å². The zero-order valence-corrected chi connectivity index (χ0v) is 27.8. The van der Waals surface area contributed by atoms with E-state index >= 15 is 0 Å². The van der Waals surface area contributed by atoms with Gasteiger partial charge >= 0.3 is 0 Å². The standard InChI is InChI=1S/C42H30N6O4/c1-3-7-27(8-4-1)21-47-23-31(43-45-47)25-49-33-15-11-29-13-17-37-39(35(29)19-33)41-40-36-20-34(16-12-30(36)14-18-38(40)52-42(41)51-37)50-26-32-24-48(46-44-32)22-28-9-5-2-6-10-28/h1-20,23-24H,21-22,25-26H2. The number of benzene rings is 6. The summed E-state index contributed by atoms with van der Waals surface area (Å²) in [4.78, 5) is 0. The minimum Gasteiger partial charge on any atom is -0.487 e. The molecule has 0 amide bonds. The van der Waals surface area contributed by atoms with Crippen molar-refractivity contribution >= 4 is 54.6 Å². The van der Waals surface area contributed by atoms with Gasteiger partial charge in [0.05, 0.1) is 30.9 Å². The zero-order chi connectivity index (χ0) is 34.4. The van der Waals surface area contributed by atoms with Gasteiger partial charge < -0.3 is 18.3 Å². The number of hydrogen-bond acceptors (Lipinski definition) is 8. The molecule has 0 saturated carbocycles. The van der Waals surface area contributed by atoms with Crippen LogP contribution in [0.15, 0.2) is 143 Å². The van der Waals surface area contributed by atoms with Gasteiger partial charge in [-0.1, -0.05) is 95.4 Å². The van der Waals surface area contributed by atoms with Crippen molar-refractivity contribution in [3.63, 3.8) is 0 Å². The summed E-state index contributed by atoms with van der Waals surface area (Å²) in [5, 5.41) is 24.2. The molecule has 0 spiro atoms. The summed E-state index contributed by atoms with van der Waals surface area (Å²) in [6, 6.07) is 40.7.